The van der Waals surface area contributed by atoms with Crippen LogP contribution in [0.3, 0.4) is 0 Å². The van der Waals surface area contributed by atoms with E-state index in [0.717, 1.165) is 39.3 Å². The van der Waals surface area contributed by atoms with Crippen LogP contribution < -0.4 is 0 Å². The molecule has 0 amide bonds. The minimum Gasteiger partial charge on any atom is -0.384 e. The minimum atomic E-state index is 0.208. The number of methoxy groups -OCH3 is 1. The quantitative estimate of drug-likeness (QED) is 0.843. The summed E-state index contributed by atoms with van der Waals surface area (Å²) in [6.07, 6.45) is 3.93. The second-order valence-electron chi connectivity index (χ2n) is 6.24. The Morgan fingerprint density at radius 3 is 3.00 bits per heavy atom. The van der Waals surface area contributed by atoms with Gasteiger partial charge in [-0.15, -0.1) is 0 Å². The first-order valence-corrected chi connectivity index (χ1v) is 7.69. The van der Waals surface area contributed by atoms with Crippen molar-refractivity contribution in [1.29, 1.82) is 0 Å². The second kappa shape index (κ2) is 6.25. The molecule has 0 N–H and O–H groups in total. The molecule has 0 spiro atoms. The van der Waals surface area contributed by atoms with Crippen molar-refractivity contribution in [3.8, 4) is 0 Å². The van der Waals surface area contributed by atoms with Crippen molar-refractivity contribution in [3.63, 3.8) is 0 Å². The van der Waals surface area contributed by atoms with E-state index in [1.54, 1.807) is 0 Å². The van der Waals surface area contributed by atoms with Crippen LogP contribution in [0.1, 0.15) is 24.8 Å². The number of likely N-dealkylation sites (tertiary alicyclic amines) is 1. The molecule has 1 aromatic carbocycles. The molecule has 2 fully saturated rings. The maximum Gasteiger partial charge on any atom is 0.0677 e. The van der Waals surface area contributed by atoms with Gasteiger partial charge in [0.1, 0.15) is 0 Å². The van der Waals surface area contributed by atoms with Crippen molar-refractivity contribution in [2.45, 2.75) is 31.9 Å². The zero-order valence-electron chi connectivity index (χ0n) is 12.4. The Balaban J connectivity index is 1.70. The molecule has 3 rings (SSSR count). The highest BCUT2D eigenvalue weighted by atomic mass is 16.5. The number of piperidine rings is 1. The Morgan fingerprint density at radius 1 is 1.35 bits per heavy atom. The zero-order chi connectivity index (χ0) is 13.8. The highest BCUT2D eigenvalue weighted by Gasteiger charge is 2.45. The smallest absolute Gasteiger partial charge is 0.0677 e. The van der Waals surface area contributed by atoms with Gasteiger partial charge in [0, 0.05) is 38.8 Å². The van der Waals surface area contributed by atoms with E-state index in [4.69, 9.17) is 9.47 Å². The molecule has 2 unspecified atom stereocenters. The fourth-order valence-electron chi connectivity index (χ4n) is 3.86. The normalized spacial score (nSPS) is 30.9. The van der Waals surface area contributed by atoms with Crippen LogP contribution in [0.15, 0.2) is 30.3 Å². The first kappa shape index (κ1) is 14.1. The minimum absolute atomic E-state index is 0.208. The summed E-state index contributed by atoms with van der Waals surface area (Å²) in [5.74, 6) is 0. The van der Waals surface area contributed by atoms with Crippen LogP contribution >= 0.6 is 0 Å². The van der Waals surface area contributed by atoms with E-state index in [2.05, 4.69) is 35.2 Å². The van der Waals surface area contributed by atoms with Gasteiger partial charge in [0.25, 0.3) is 0 Å². The maximum atomic E-state index is 6.03. The van der Waals surface area contributed by atoms with E-state index < -0.39 is 0 Å². The highest BCUT2D eigenvalue weighted by Crippen LogP contribution is 2.40. The highest BCUT2D eigenvalue weighted by molar-refractivity contribution is 5.15. The van der Waals surface area contributed by atoms with Gasteiger partial charge in [0.2, 0.25) is 0 Å². The molecule has 1 aromatic rings. The third-order valence-electron chi connectivity index (χ3n) is 4.75. The van der Waals surface area contributed by atoms with Gasteiger partial charge in [-0.05, 0) is 24.8 Å². The molecule has 0 bridgehead atoms. The molecular weight excluding hydrogens is 250 g/mol. The van der Waals surface area contributed by atoms with E-state index in [9.17, 15) is 0 Å². The van der Waals surface area contributed by atoms with E-state index in [1.807, 2.05) is 7.11 Å². The molecule has 110 valence electrons. The Labute approximate surface area is 121 Å². The van der Waals surface area contributed by atoms with E-state index in [1.165, 1.54) is 18.4 Å². The Morgan fingerprint density at radius 2 is 2.20 bits per heavy atom. The van der Waals surface area contributed by atoms with Crippen LogP contribution in [0.5, 0.6) is 0 Å². The van der Waals surface area contributed by atoms with Crippen LogP contribution in [0.2, 0.25) is 0 Å². The number of ether oxygens (including phenoxy) is 2. The maximum absolute atomic E-state index is 6.03. The fourth-order valence-corrected chi connectivity index (χ4v) is 3.86. The lowest BCUT2D eigenvalue weighted by Gasteiger charge is -2.50. The van der Waals surface area contributed by atoms with Gasteiger partial charge in [-0.25, -0.2) is 0 Å². The molecule has 0 radical (unpaired) electrons. The second-order valence-corrected chi connectivity index (χ2v) is 6.24. The number of fused-ring (bicyclic) bond motifs is 1. The van der Waals surface area contributed by atoms with Crippen LogP contribution in [-0.2, 0) is 16.0 Å². The van der Waals surface area contributed by atoms with Crippen LogP contribution in [0.25, 0.3) is 0 Å². The lowest BCUT2D eigenvalue weighted by Crippen LogP contribution is -2.56. The number of hydrogen-bond acceptors (Lipinski definition) is 3. The molecule has 2 saturated heterocycles. The molecule has 0 aliphatic carbocycles. The monoisotopic (exact) mass is 275 g/mol. The predicted molar refractivity (Wildman–Crippen MR) is 79.6 cm³/mol. The van der Waals surface area contributed by atoms with Gasteiger partial charge >= 0.3 is 0 Å². The van der Waals surface area contributed by atoms with Crippen LogP contribution in [0, 0.1) is 5.41 Å². The van der Waals surface area contributed by atoms with E-state index in [-0.39, 0.29) is 5.41 Å². The van der Waals surface area contributed by atoms with E-state index in [0.29, 0.717) is 6.10 Å². The van der Waals surface area contributed by atoms with Gasteiger partial charge in [-0.2, -0.15) is 0 Å². The summed E-state index contributed by atoms with van der Waals surface area (Å²) >= 11 is 0. The Bertz CT molecular complexity index is 418. The lowest BCUT2D eigenvalue weighted by molar-refractivity contribution is -0.149. The summed E-state index contributed by atoms with van der Waals surface area (Å²) in [6.45, 7) is 5.02. The third kappa shape index (κ3) is 2.90. The van der Waals surface area contributed by atoms with E-state index >= 15 is 0 Å². The van der Waals surface area contributed by atoms with Crippen LogP contribution in [-0.4, -0.2) is 44.4 Å². The standard InChI is InChI=1S/C17H25NO2/c1-19-14-17-9-5-11-20-16(17)8-10-18(13-17)12-15-6-3-2-4-7-15/h2-4,6-7,16H,5,8-14H2,1H3. The summed E-state index contributed by atoms with van der Waals surface area (Å²) in [6, 6.07) is 10.8. The fraction of sp³-hybridized carbons (Fsp3) is 0.647. The summed E-state index contributed by atoms with van der Waals surface area (Å²) in [5, 5.41) is 0. The molecule has 2 aliphatic rings. The molecule has 2 atom stereocenters. The summed E-state index contributed by atoms with van der Waals surface area (Å²) in [7, 11) is 1.82. The average molecular weight is 275 g/mol. The molecule has 3 heteroatoms. The third-order valence-corrected chi connectivity index (χ3v) is 4.75. The number of rotatable bonds is 4. The van der Waals surface area contributed by atoms with Crippen LogP contribution in [0.4, 0.5) is 0 Å². The summed E-state index contributed by atoms with van der Waals surface area (Å²) < 4.78 is 11.6. The Kier molecular flexibility index (Phi) is 4.39. The molecule has 0 aromatic heterocycles. The first-order chi connectivity index (χ1) is 9.82. The van der Waals surface area contributed by atoms with Crippen molar-refractivity contribution in [2.24, 2.45) is 5.41 Å². The number of hydrogen-bond donors (Lipinski definition) is 0. The molecule has 0 saturated carbocycles. The zero-order valence-corrected chi connectivity index (χ0v) is 12.4. The van der Waals surface area contributed by atoms with Crippen molar-refractivity contribution in [3.05, 3.63) is 35.9 Å². The Hall–Kier alpha value is -0.900. The van der Waals surface area contributed by atoms with Gasteiger partial charge < -0.3 is 9.47 Å². The van der Waals surface area contributed by atoms with Gasteiger partial charge in [0.15, 0.2) is 0 Å². The first-order valence-electron chi connectivity index (χ1n) is 7.69. The van der Waals surface area contributed by atoms with Crippen molar-refractivity contribution in [1.82, 2.24) is 4.90 Å². The largest absolute Gasteiger partial charge is 0.384 e. The number of nitrogens with zero attached hydrogens (tertiary/aromatic N) is 1. The predicted octanol–water partition coefficient (Wildman–Crippen LogP) is 2.70. The summed E-state index contributed by atoms with van der Waals surface area (Å²) in [4.78, 5) is 2.57. The van der Waals surface area contributed by atoms with Crippen molar-refractivity contribution < 1.29 is 9.47 Å². The molecular formula is C17H25NO2. The topological polar surface area (TPSA) is 21.7 Å². The molecule has 2 aliphatic heterocycles. The molecule has 20 heavy (non-hydrogen) atoms. The van der Waals surface area contributed by atoms with Crippen molar-refractivity contribution >= 4 is 0 Å². The van der Waals surface area contributed by atoms with Gasteiger partial charge in [0.05, 0.1) is 12.7 Å². The molecule has 3 nitrogen and oxygen atoms in total. The SMILES string of the molecule is COCC12CCCOC1CCN(Cc1ccccc1)C2. The number of benzene rings is 1. The lowest BCUT2D eigenvalue weighted by atomic mass is 9.73. The molecule has 2 heterocycles. The van der Waals surface area contributed by atoms with Gasteiger partial charge in [-0.3, -0.25) is 4.90 Å². The van der Waals surface area contributed by atoms with Crippen molar-refractivity contribution in [2.75, 3.05) is 33.4 Å². The summed E-state index contributed by atoms with van der Waals surface area (Å²) in [5.41, 5.74) is 1.61. The van der Waals surface area contributed by atoms with Gasteiger partial charge in [-0.1, -0.05) is 30.3 Å². The average Bonchev–Trinajstić information content (AvgIpc) is 2.48.